The summed E-state index contributed by atoms with van der Waals surface area (Å²) in [6.07, 6.45) is 5.56. The lowest BCUT2D eigenvalue weighted by Gasteiger charge is -2.25. The summed E-state index contributed by atoms with van der Waals surface area (Å²) >= 11 is 0. The molecule has 1 heteroatoms. The smallest absolute Gasteiger partial charge is 0.104 e. The highest BCUT2D eigenvalue weighted by atomic mass is 16.5. The van der Waals surface area contributed by atoms with E-state index in [0.717, 1.165) is 19.4 Å². The molecule has 1 nitrogen and oxygen atoms in total. The first-order valence-corrected chi connectivity index (χ1v) is 4.15. The molecule has 0 rings (SSSR count). The van der Waals surface area contributed by atoms with Gasteiger partial charge in [0.15, 0.2) is 0 Å². The van der Waals surface area contributed by atoms with E-state index >= 15 is 0 Å². The Hall–Kier alpha value is -0.560. The molecule has 0 heterocycles. The van der Waals surface area contributed by atoms with Crippen molar-refractivity contribution in [2.24, 2.45) is 0 Å². The van der Waals surface area contributed by atoms with Crippen LogP contribution in [0, 0.1) is 0 Å². The van der Waals surface area contributed by atoms with Crippen molar-refractivity contribution in [2.75, 3.05) is 6.61 Å². The van der Waals surface area contributed by atoms with Gasteiger partial charge in [-0.15, -0.1) is 0 Å². The van der Waals surface area contributed by atoms with Crippen molar-refractivity contribution >= 4 is 0 Å². The van der Waals surface area contributed by atoms with Crippen molar-refractivity contribution in [3.63, 3.8) is 0 Å². The largest absolute Gasteiger partial charge is 0.367 e. The Bertz CT molecular complexity index is 119. The zero-order valence-electron chi connectivity index (χ0n) is 7.60. The fraction of sp³-hybridized carbons (Fsp3) is 0.600. The van der Waals surface area contributed by atoms with Gasteiger partial charge in [0, 0.05) is 6.61 Å². The Morgan fingerprint density at radius 3 is 2.09 bits per heavy atom. The molecule has 0 bridgehead atoms. The molecule has 0 amide bonds. The molecule has 0 aliphatic heterocycles. The number of ether oxygens (including phenoxy) is 1. The predicted molar refractivity (Wildman–Crippen MR) is 49.7 cm³/mol. The predicted octanol–water partition coefficient (Wildman–Crippen LogP) is 2.93. The highest BCUT2D eigenvalue weighted by Gasteiger charge is 2.19. The molecule has 11 heavy (non-hydrogen) atoms. The van der Waals surface area contributed by atoms with Gasteiger partial charge >= 0.3 is 0 Å². The Labute approximate surface area is 69.8 Å². The maximum Gasteiger partial charge on any atom is 0.104 e. The molecular weight excluding hydrogens is 136 g/mol. The molecule has 0 atom stereocenters. The van der Waals surface area contributed by atoms with Gasteiger partial charge in [0.25, 0.3) is 0 Å². The molecule has 0 aromatic carbocycles. The lowest BCUT2D eigenvalue weighted by atomic mass is 10.0. The van der Waals surface area contributed by atoms with Crippen LogP contribution >= 0.6 is 0 Å². The van der Waals surface area contributed by atoms with Crippen LogP contribution in [0.2, 0.25) is 0 Å². The summed E-state index contributed by atoms with van der Waals surface area (Å²) in [6, 6.07) is 0. The Morgan fingerprint density at radius 1 is 1.27 bits per heavy atom. The SMILES string of the molecule is C=CC(C=C)(CC)OCCC. The summed E-state index contributed by atoms with van der Waals surface area (Å²) < 4.78 is 5.59. The van der Waals surface area contributed by atoms with Crippen molar-refractivity contribution in [1.82, 2.24) is 0 Å². The average molecular weight is 154 g/mol. The minimum absolute atomic E-state index is 0.296. The van der Waals surface area contributed by atoms with Gasteiger partial charge in [0.2, 0.25) is 0 Å². The van der Waals surface area contributed by atoms with E-state index < -0.39 is 0 Å². The van der Waals surface area contributed by atoms with E-state index in [1.807, 2.05) is 12.2 Å². The Kier molecular flexibility index (Phi) is 4.88. The highest BCUT2D eigenvalue weighted by molar-refractivity contribution is 5.08. The molecule has 0 saturated carbocycles. The van der Waals surface area contributed by atoms with Crippen LogP contribution in [0.5, 0.6) is 0 Å². The second-order valence-corrected chi connectivity index (χ2v) is 2.57. The first kappa shape index (κ1) is 10.4. The molecule has 64 valence electrons. The zero-order valence-corrected chi connectivity index (χ0v) is 7.60. The third kappa shape index (κ3) is 2.89. The molecule has 0 aliphatic carbocycles. The van der Waals surface area contributed by atoms with Gasteiger partial charge in [-0.3, -0.25) is 0 Å². The summed E-state index contributed by atoms with van der Waals surface area (Å²) in [6.45, 7) is 12.4. The van der Waals surface area contributed by atoms with Crippen LogP contribution < -0.4 is 0 Å². The molecular formula is C10H18O. The zero-order chi connectivity index (χ0) is 8.74. The van der Waals surface area contributed by atoms with E-state index in [9.17, 15) is 0 Å². The number of rotatable bonds is 6. The molecule has 0 aromatic rings. The highest BCUT2D eigenvalue weighted by Crippen LogP contribution is 2.18. The van der Waals surface area contributed by atoms with Gasteiger partial charge in [-0.1, -0.05) is 39.2 Å². The summed E-state index contributed by atoms with van der Waals surface area (Å²) in [7, 11) is 0. The van der Waals surface area contributed by atoms with Crippen molar-refractivity contribution in [1.29, 1.82) is 0 Å². The lowest BCUT2D eigenvalue weighted by Crippen LogP contribution is -2.26. The molecule has 0 spiro atoms. The van der Waals surface area contributed by atoms with Gasteiger partial charge in [0.1, 0.15) is 5.60 Å². The van der Waals surface area contributed by atoms with Crippen LogP contribution in [0.25, 0.3) is 0 Å². The van der Waals surface area contributed by atoms with E-state index in [2.05, 4.69) is 27.0 Å². The van der Waals surface area contributed by atoms with Crippen LogP contribution in [0.15, 0.2) is 25.3 Å². The van der Waals surface area contributed by atoms with E-state index in [-0.39, 0.29) is 5.60 Å². The van der Waals surface area contributed by atoms with Gasteiger partial charge in [-0.2, -0.15) is 0 Å². The van der Waals surface area contributed by atoms with Gasteiger partial charge < -0.3 is 4.74 Å². The normalized spacial score (nSPS) is 11.1. The van der Waals surface area contributed by atoms with Crippen LogP contribution in [-0.4, -0.2) is 12.2 Å². The first-order chi connectivity index (χ1) is 5.24. The maximum atomic E-state index is 5.59. The Balaban J connectivity index is 4.05. The summed E-state index contributed by atoms with van der Waals surface area (Å²) in [5, 5.41) is 0. The molecule has 0 aliphatic rings. The van der Waals surface area contributed by atoms with Crippen molar-refractivity contribution < 1.29 is 4.74 Å². The van der Waals surface area contributed by atoms with Crippen LogP contribution in [0.1, 0.15) is 26.7 Å². The third-order valence-corrected chi connectivity index (χ3v) is 1.82. The minimum atomic E-state index is -0.296. The molecule has 0 fully saturated rings. The number of hydrogen-bond acceptors (Lipinski definition) is 1. The van der Waals surface area contributed by atoms with E-state index in [1.54, 1.807) is 0 Å². The molecule has 0 radical (unpaired) electrons. The van der Waals surface area contributed by atoms with Crippen LogP contribution in [0.3, 0.4) is 0 Å². The van der Waals surface area contributed by atoms with Crippen molar-refractivity contribution in [2.45, 2.75) is 32.3 Å². The fourth-order valence-electron chi connectivity index (χ4n) is 0.884. The molecule has 0 saturated heterocycles. The molecule has 0 N–H and O–H groups in total. The van der Waals surface area contributed by atoms with Gasteiger partial charge in [-0.05, 0) is 12.8 Å². The van der Waals surface area contributed by atoms with E-state index in [1.165, 1.54) is 0 Å². The van der Waals surface area contributed by atoms with E-state index in [4.69, 9.17) is 4.74 Å². The number of hydrogen-bond donors (Lipinski definition) is 0. The van der Waals surface area contributed by atoms with Crippen molar-refractivity contribution in [3.05, 3.63) is 25.3 Å². The fourth-order valence-corrected chi connectivity index (χ4v) is 0.884. The molecule has 0 aromatic heterocycles. The topological polar surface area (TPSA) is 9.23 Å². The average Bonchev–Trinajstić information content (AvgIpc) is 2.08. The van der Waals surface area contributed by atoms with Gasteiger partial charge in [-0.25, -0.2) is 0 Å². The minimum Gasteiger partial charge on any atom is -0.367 e. The second kappa shape index (κ2) is 5.14. The third-order valence-electron chi connectivity index (χ3n) is 1.82. The van der Waals surface area contributed by atoms with Crippen LogP contribution in [-0.2, 0) is 4.74 Å². The standard InChI is InChI=1S/C10H18O/c1-5-9-11-10(6-2,7-3)8-4/h6-7H,2-3,5,8-9H2,1,4H3. The summed E-state index contributed by atoms with van der Waals surface area (Å²) in [5.41, 5.74) is -0.296. The maximum absolute atomic E-state index is 5.59. The Morgan fingerprint density at radius 2 is 1.82 bits per heavy atom. The summed E-state index contributed by atoms with van der Waals surface area (Å²) in [5.74, 6) is 0. The molecule has 0 unspecified atom stereocenters. The van der Waals surface area contributed by atoms with Gasteiger partial charge in [0.05, 0.1) is 0 Å². The monoisotopic (exact) mass is 154 g/mol. The van der Waals surface area contributed by atoms with Crippen molar-refractivity contribution in [3.8, 4) is 0 Å². The quantitative estimate of drug-likeness (QED) is 0.534. The summed E-state index contributed by atoms with van der Waals surface area (Å²) in [4.78, 5) is 0. The van der Waals surface area contributed by atoms with E-state index in [0.29, 0.717) is 0 Å². The van der Waals surface area contributed by atoms with Crippen LogP contribution in [0.4, 0.5) is 0 Å². The second-order valence-electron chi connectivity index (χ2n) is 2.57. The lowest BCUT2D eigenvalue weighted by molar-refractivity contribution is 0.0258. The first-order valence-electron chi connectivity index (χ1n) is 4.15.